The van der Waals surface area contributed by atoms with E-state index in [0.717, 1.165) is 30.4 Å². The molecule has 2 saturated heterocycles. The highest BCUT2D eigenvalue weighted by molar-refractivity contribution is 6.30. The Hall–Kier alpha value is -4.45. The number of carbonyl (C=O) groups is 5. The summed E-state index contributed by atoms with van der Waals surface area (Å²) in [5.41, 5.74) is -0.323. The Kier molecular flexibility index (Phi) is 9.94. The lowest BCUT2D eigenvalue weighted by Gasteiger charge is -2.33. The molecule has 6 atom stereocenters. The van der Waals surface area contributed by atoms with Crippen LogP contribution in [0.1, 0.15) is 69.8 Å². The van der Waals surface area contributed by atoms with Gasteiger partial charge < -0.3 is 30.3 Å². The van der Waals surface area contributed by atoms with Crippen molar-refractivity contribution in [1.29, 1.82) is 0 Å². The van der Waals surface area contributed by atoms with E-state index in [2.05, 4.69) is 15.6 Å². The average Bonchev–Trinajstić information content (AvgIpc) is 3.41. The lowest BCUT2D eigenvalue weighted by molar-refractivity contribution is -0.146. The van der Waals surface area contributed by atoms with Gasteiger partial charge in [0.05, 0.1) is 0 Å². The molecular formula is C37H44ClN5O7. The van der Waals surface area contributed by atoms with Crippen molar-refractivity contribution in [3.63, 3.8) is 0 Å². The summed E-state index contributed by atoms with van der Waals surface area (Å²) in [4.78, 5) is 75.3. The summed E-state index contributed by atoms with van der Waals surface area (Å²) in [6.07, 6.45) is 8.29. The fraction of sp³-hybridized carbons (Fsp3) is 0.514. The highest BCUT2D eigenvalue weighted by Crippen LogP contribution is 2.46. The lowest BCUT2D eigenvalue weighted by Crippen LogP contribution is -2.58. The molecule has 12 nitrogen and oxygen atoms in total. The molecule has 1 aromatic heterocycles. The van der Waals surface area contributed by atoms with E-state index in [0.29, 0.717) is 17.9 Å². The van der Waals surface area contributed by atoms with Crippen molar-refractivity contribution >= 4 is 41.4 Å². The number of carboxylic acids is 1. The second-order valence-corrected chi connectivity index (χ2v) is 15.3. The molecule has 0 bridgehead atoms. The number of halogens is 1. The third kappa shape index (κ3) is 7.50. The Morgan fingerprint density at radius 2 is 1.80 bits per heavy atom. The molecule has 3 aliphatic heterocycles. The van der Waals surface area contributed by atoms with Crippen LogP contribution in [0.4, 0.5) is 4.79 Å². The van der Waals surface area contributed by atoms with Crippen LogP contribution in [0.15, 0.2) is 54.7 Å². The number of allylic oxidation sites excluding steroid dienone is 1. The summed E-state index contributed by atoms with van der Waals surface area (Å²) in [5, 5.41) is 16.4. The number of carbonyl (C=O) groups excluding carboxylic acids is 4. The van der Waals surface area contributed by atoms with Gasteiger partial charge in [0.2, 0.25) is 11.8 Å². The van der Waals surface area contributed by atoms with Crippen LogP contribution in [0.25, 0.3) is 11.1 Å². The quantitative estimate of drug-likeness (QED) is 0.387. The van der Waals surface area contributed by atoms with Gasteiger partial charge in [0.15, 0.2) is 0 Å². The highest BCUT2D eigenvalue weighted by Gasteiger charge is 2.62. The minimum absolute atomic E-state index is 0.166. The first-order chi connectivity index (χ1) is 23.8. The molecule has 3 fully saturated rings. The molecular weight excluding hydrogens is 662 g/mol. The first kappa shape index (κ1) is 35.4. The predicted octanol–water partition coefficient (Wildman–Crippen LogP) is 4.67. The largest absolute Gasteiger partial charge is 0.479 e. The van der Waals surface area contributed by atoms with E-state index in [1.165, 1.54) is 4.90 Å². The van der Waals surface area contributed by atoms with Gasteiger partial charge in [-0.1, -0.05) is 48.7 Å². The number of pyridine rings is 1. The maximum Gasteiger partial charge on any atom is 0.408 e. The highest BCUT2D eigenvalue weighted by atomic mass is 35.5. The average molecular weight is 706 g/mol. The molecule has 0 spiro atoms. The summed E-state index contributed by atoms with van der Waals surface area (Å²) in [5.74, 6) is -3.51. The summed E-state index contributed by atoms with van der Waals surface area (Å²) in [6.45, 7) is 5.83. The molecule has 4 amide bonds. The topological polar surface area (TPSA) is 158 Å². The summed E-state index contributed by atoms with van der Waals surface area (Å²) in [6, 6.07) is 8.80. The second kappa shape index (κ2) is 14.0. The molecule has 50 heavy (non-hydrogen) atoms. The Balaban J connectivity index is 1.27. The SMILES string of the molecule is CC(C)(C)OC(=O)N[C@@H]1CCCCC/C=C\[C@@H]2C[C@]2(C(=O)O)NC(=O)[C@@H]2[C@H]3CN(C(=O)c4cc(-c5ccc(Cl)cc5)ccn4)C[C@H]3CN2C1=O. The fourth-order valence-corrected chi connectivity index (χ4v) is 7.64. The molecule has 1 saturated carbocycles. The third-order valence-electron chi connectivity index (χ3n) is 10.1. The van der Waals surface area contributed by atoms with Crippen molar-refractivity contribution in [1.82, 2.24) is 25.4 Å². The normalized spacial score (nSPS) is 29.0. The monoisotopic (exact) mass is 705 g/mol. The van der Waals surface area contributed by atoms with Crippen molar-refractivity contribution in [2.24, 2.45) is 17.8 Å². The molecule has 4 aliphatic rings. The minimum atomic E-state index is -1.46. The molecule has 1 aliphatic carbocycles. The van der Waals surface area contributed by atoms with E-state index in [4.69, 9.17) is 16.3 Å². The minimum Gasteiger partial charge on any atom is -0.479 e. The Morgan fingerprint density at radius 1 is 1.04 bits per heavy atom. The van der Waals surface area contributed by atoms with Gasteiger partial charge in [-0.2, -0.15) is 0 Å². The zero-order chi connectivity index (χ0) is 35.8. The number of alkyl carbamates (subject to hydrolysis) is 1. The van der Waals surface area contributed by atoms with Gasteiger partial charge in [-0.3, -0.25) is 19.4 Å². The van der Waals surface area contributed by atoms with Crippen molar-refractivity contribution < 1.29 is 33.8 Å². The van der Waals surface area contributed by atoms with Crippen LogP contribution < -0.4 is 10.6 Å². The number of nitrogens with one attached hydrogen (secondary N) is 2. The number of rotatable bonds is 4. The van der Waals surface area contributed by atoms with Crippen molar-refractivity contribution in [3.8, 4) is 11.1 Å². The molecule has 0 radical (unpaired) electrons. The van der Waals surface area contributed by atoms with Gasteiger partial charge >= 0.3 is 12.1 Å². The number of hydrogen-bond donors (Lipinski definition) is 3. The van der Waals surface area contributed by atoms with E-state index >= 15 is 0 Å². The predicted molar refractivity (Wildman–Crippen MR) is 185 cm³/mol. The number of fused-ring (bicyclic) bond motifs is 4. The van der Waals surface area contributed by atoms with Crippen LogP contribution in [0.2, 0.25) is 5.02 Å². The van der Waals surface area contributed by atoms with E-state index in [1.54, 1.807) is 50.1 Å². The number of ether oxygens (including phenoxy) is 1. The van der Waals surface area contributed by atoms with Crippen LogP contribution in [0.3, 0.4) is 0 Å². The maximum atomic E-state index is 14.3. The van der Waals surface area contributed by atoms with Crippen LogP contribution in [-0.4, -0.2) is 92.5 Å². The number of aliphatic carboxylic acids is 1. The summed E-state index contributed by atoms with van der Waals surface area (Å²) >= 11 is 6.06. The maximum absolute atomic E-state index is 14.3. The standard InChI is InChI=1S/C37H44ClN5O7/c1-36(2,3)50-35(49)40-28-10-8-6-4-5-7-9-25-18-37(25,34(47)48)41-31(44)30-27-21-42(19-24(27)20-43(30)33(28)46)32(45)29-17-23(15-16-39-29)22-11-13-26(38)14-12-22/h7,9,11-17,24-25,27-28,30H,4-6,8,10,18-21H2,1-3H3,(H,40,49)(H,41,44)(H,47,48)/b9-7-/t24-,25+,27-,28+,30-,37-/m0/s1. The Morgan fingerprint density at radius 3 is 2.52 bits per heavy atom. The van der Waals surface area contributed by atoms with Gasteiger partial charge in [0.25, 0.3) is 5.91 Å². The molecule has 6 rings (SSSR count). The second-order valence-electron chi connectivity index (χ2n) is 14.8. The first-order valence-corrected chi connectivity index (χ1v) is 17.7. The van der Waals surface area contributed by atoms with Gasteiger partial charge in [-0.15, -0.1) is 0 Å². The molecule has 3 N–H and O–H groups in total. The number of amides is 4. The molecule has 2 aromatic rings. The number of nitrogens with zero attached hydrogens (tertiary/aromatic N) is 3. The molecule has 1 aromatic carbocycles. The Labute approximate surface area is 296 Å². The number of benzene rings is 1. The third-order valence-corrected chi connectivity index (χ3v) is 10.4. The van der Waals surface area contributed by atoms with Crippen molar-refractivity contribution in [2.75, 3.05) is 19.6 Å². The van der Waals surface area contributed by atoms with Crippen LogP contribution in [-0.2, 0) is 19.1 Å². The van der Waals surface area contributed by atoms with Gasteiger partial charge in [-0.25, -0.2) is 9.59 Å². The molecule has 266 valence electrons. The van der Waals surface area contributed by atoms with E-state index in [-0.39, 0.29) is 49.5 Å². The first-order valence-electron chi connectivity index (χ1n) is 17.3. The van der Waals surface area contributed by atoms with Crippen LogP contribution in [0.5, 0.6) is 0 Å². The van der Waals surface area contributed by atoms with Gasteiger partial charge in [0, 0.05) is 48.6 Å². The number of hydrogen-bond acceptors (Lipinski definition) is 7. The number of likely N-dealkylation sites (tertiary alicyclic amines) is 1. The summed E-state index contributed by atoms with van der Waals surface area (Å²) in [7, 11) is 0. The van der Waals surface area contributed by atoms with Gasteiger partial charge in [0.1, 0.15) is 28.9 Å². The molecule has 4 heterocycles. The zero-order valence-corrected chi connectivity index (χ0v) is 29.3. The van der Waals surface area contributed by atoms with Crippen LogP contribution in [0, 0.1) is 17.8 Å². The lowest BCUT2D eigenvalue weighted by atomic mass is 9.93. The number of carboxylic acid groups (broad SMARTS) is 1. The number of aromatic nitrogens is 1. The van der Waals surface area contributed by atoms with Crippen LogP contribution >= 0.6 is 11.6 Å². The van der Waals surface area contributed by atoms with Gasteiger partial charge in [-0.05, 0) is 81.8 Å². The van der Waals surface area contributed by atoms with E-state index < -0.39 is 53.0 Å². The van der Waals surface area contributed by atoms with E-state index in [9.17, 15) is 29.1 Å². The molecule has 13 heteroatoms. The smallest absolute Gasteiger partial charge is 0.408 e. The van der Waals surface area contributed by atoms with Crippen molar-refractivity contribution in [2.45, 2.75) is 82.5 Å². The fourth-order valence-electron chi connectivity index (χ4n) is 7.52. The zero-order valence-electron chi connectivity index (χ0n) is 28.6. The van der Waals surface area contributed by atoms with Crippen molar-refractivity contribution in [3.05, 3.63) is 65.5 Å². The Bertz CT molecular complexity index is 1690. The molecule has 0 unspecified atom stereocenters. The summed E-state index contributed by atoms with van der Waals surface area (Å²) < 4.78 is 5.47. The van der Waals surface area contributed by atoms with E-state index in [1.807, 2.05) is 30.4 Å².